The molecule has 0 fully saturated rings. The minimum absolute atomic E-state index is 0.0221. The molecule has 3 heterocycles. The summed E-state index contributed by atoms with van der Waals surface area (Å²) in [6, 6.07) is 38.5. The van der Waals surface area contributed by atoms with Gasteiger partial charge in [-0.25, -0.2) is 8.78 Å². The van der Waals surface area contributed by atoms with Crippen LogP contribution in [-0.2, 0) is 48.4 Å². The third-order valence-electron chi connectivity index (χ3n) is 19.3. The predicted molar refractivity (Wildman–Crippen MR) is 441 cm³/mol. The van der Waals surface area contributed by atoms with Crippen LogP contribution in [0.3, 0.4) is 0 Å². The van der Waals surface area contributed by atoms with Crippen molar-refractivity contribution in [3.05, 3.63) is 260 Å². The van der Waals surface area contributed by atoms with Crippen molar-refractivity contribution in [3.8, 4) is 57.5 Å². The molecule has 0 spiro atoms. The molecule has 3 aliphatic rings. The molecule has 612 valence electrons. The third kappa shape index (κ3) is 22.3. The Morgan fingerprint density at radius 2 is 0.720 bits per heavy atom. The van der Waals surface area contributed by atoms with Crippen LogP contribution in [0.15, 0.2) is 181 Å². The number of methoxy groups -OCH3 is 7. The molecule has 9 aromatic rings. The largest absolute Gasteiger partial charge is 0.497 e. The van der Waals surface area contributed by atoms with Gasteiger partial charge in [-0.15, -0.1) is 0 Å². The number of carbonyl (C=O) groups is 6. The average molecular weight is 1610 g/mol. The zero-order valence-corrected chi connectivity index (χ0v) is 66.8. The number of allylic oxidation sites excluding steroid dienone is 6. The highest BCUT2D eigenvalue weighted by Crippen LogP contribution is 2.50. The summed E-state index contributed by atoms with van der Waals surface area (Å²) < 4.78 is 84.1. The number of fused-ring (bicyclic) bond motifs is 3. The van der Waals surface area contributed by atoms with Gasteiger partial charge in [0.25, 0.3) is 0 Å². The molecule has 3 aromatic heterocycles. The Balaban J connectivity index is 0.000000186. The van der Waals surface area contributed by atoms with Crippen LogP contribution >= 0.6 is 0 Å². The Bertz CT molecular complexity index is 5120. The van der Waals surface area contributed by atoms with Gasteiger partial charge in [-0.05, 0) is 247 Å². The molecule has 0 bridgehead atoms. The molecule has 3 aliphatic carbocycles. The van der Waals surface area contributed by atoms with E-state index < -0.39 is 17.9 Å². The summed E-state index contributed by atoms with van der Waals surface area (Å²) in [5, 5.41) is 35.6. The number of aromatic nitrogens is 3. The van der Waals surface area contributed by atoms with Gasteiger partial charge in [0.1, 0.15) is 17.4 Å². The van der Waals surface area contributed by atoms with E-state index in [0.29, 0.717) is 88.3 Å². The van der Waals surface area contributed by atoms with Crippen molar-refractivity contribution in [3.63, 3.8) is 0 Å². The first-order valence-electron chi connectivity index (χ1n) is 37.3. The van der Waals surface area contributed by atoms with Crippen molar-refractivity contribution in [2.75, 3.05) is 69.6 Å². The number of ether oxygens (including phenoxy) is 10. The van der Waals surface area contributed by atoms with Crippen LogP contribution in [0.5, 0.6) is 57.5 Å². The summed E-state index contributed by atoms with van der Waals surface area (Å²) in [5.41, 5.74) is 17.3. The lowest BCUT2D eigenvalue weighted by atomic mass is 10.00. The van der Waals surface area contributed by atoms with Gasteiger partial charge in [-0.3, -0.25) is 43.7 Å². The number of benzene rings is 6. The highest BCUT2D eigenvalue weighted by Gasteiger charge is 2.31. The minimum atomic E-state index is -0.978. The summed E-state index contributed by atoms with van der Waals surface area (Å²) in [7, 11) is 10.6. The number of rotatable bonds is 34. The number of hydrogen-bond donors (Lipinski definition) is 6. The van der Waals surface area contributed by atoms with Crippen molar-refractivity contribution < 1.29 is 100 Å². The zero-order chi connectivity index (χ0) is 84.5. The van der Waals surface area contributed by atoms with E-state index >= 15 is 0 Å². The number of carboxylic acids is 3. The molecule has 0 unspecified atom stereocenters. The second-order valence-electron chi connectivity index (χ2n) is 26.9. The van der Waals surface area contributed by atoms with Crippen LogP contribution in [0.25, 0.3) is 51.7 Å². The molecule has 0 aliphatic heterocycles. The molecular weight excluding hydrogens is 1520 g/mol. The maximum absolute atomic E-state index is 14.3. The Morgan fingerprint density at radius 1 is 0.381 bits per heavy atom. The van der Waals surface area contributed by atoms with Crippen LogP contribution in [0, 0.1) is 11.6 Å². The van der Waals surface area contributed by atoms with Crippen molar-refractivity contribution >= 4 is 87.3 Å². The molecule has 0 radical (unpaired) electrons. The number of halogens is 2. The number of hydrogen-bond acceptors (Lipinski definition) is 19. The highest BCUT2D eigenvalue weighted by atomic mass is 19.1. The van der Waals surface area contributed by atoms with Gasteiger partial charge in [-0.1, -0.05) is 36.4 Å². The molecule has 0 saturated carbocycles. The fourth-order valence-electron chi connectivity index (χ4n) is 13.4. The molecule has 27 heteroatoms. The fourth-order valence-corrected chi connectivity index (χ4v) is 13.4. The summed E-state index contributed by atoms with van der Waals surface area (Å²) in [6.07, 6.45) is 14.2. The number of nitrogens with one attached hydrogen (secondary N) is 3. The van der Waals surface area contributed by atoms with E-state index in [1.807, 2.05) is 93.6 Å². The average Bonchev–Trinajstić information content (AvgIpc) is 1.62. The Hall–Kier alpha value is -14.1. The first kappa shape index (κ1) is 86.3. The highest BCUT2D eigenvalue weighted by molar-refractivity contribution is 6.11. The SMILES string of the molecule is COc1cc(/C=C2/C(C)=C(CC(=O)NCc3ccccn3)c3cc(F)ccc32)cc(OC)c1OCCC(=O)O.COc1cc(/C=C2/C(C)=C(CC(=O)NCc3cccnc3)c3cc(F)ccc32)cc(OC)c1OCCC(=O)O.COc1ccc2c(c1)C(CC(=O)NCc1cccnc1)=C(C)/C2=C/c1cc(OC)c(OCCC(=O)O)c(OC)c1. The number of amides is 3. The minimum Gasteiger partial charge on any atom is -0.497 e. The molecule has 0 atom stereocenters. The van der Waals surface area contributed by atoms with E-state index in [0.717, 1.165) is 106 Å². The van der Waals surface area contributed by atoms with Crippen LogP contribution in [0.1, 0.15) is 126 Å². The maximum atomic E-state index is 14.3. The summed E-state index contributed by atoms with van der Waals surface area (Å²) in [4.78, 5) is 83.7. The van der Waals surface area contributed by atoms with E-state index in [4.69, 9.17) is 62.7 Å². The lowest BCUT2D eigenvalue weighted by molar-refractivity contribution is -0.138. The van der Waals surface area contributed by atoms with Crippen LogP contribution < -0.4 is 63.3 Å². The number of pyridine rings is 3. The number of carboxylic acid groups (broad SMARTS) is 3. The van der Waals surface area contributed by atoms with E-state index in [1.54, 1.807) is 92.7 Å². The molecule has 12 rings (SSSR count). The lowest BCUT2D eigenvalue weighted by Gasteiger charge is -2.15. The van der Waals surface area contributed by atoms with Gasteiger partial charge in [0.2, 0.25) is 35.0 Å². The Kier molecular flexibility index (Phi) is 30.2. The van der Waals surface area contributed by atoms with E-state index in [2.05, 4.69) is 30.9 Å². The standard InChI is InChI=1S/C31H32N2O7.2C30H29FN2O6/c1-19-24(12-21-13-27(38-3)31(28(14-21)39-4)40-11-9-30(35)36)23-8-7-22(37-2)15-26(23)25(19)16-29(34)33-18-20-6-5-10-32-17-20;1-18-23(11-20-12-26(37-2)30(27(13-20)38-3)39-10-8-29(35)36)22-7-6-21(31)14-25(22)24(18)15-28(34)33-17-19-5-4-9-32-16-19;1-18-23(12-19-13-26(37-2)30(27(14-19)38-3)39-11-9-29(35)36)22-8-7-20(31)15-25(22)24(18)16-28(34)33-17-21-6-4-5-10-32-21/h5-8,10,12-15,17H,9,11,16,18H2,1-4H3,(H,33,34)(H,35,36);4-7,9,11-14,16H,8,10,15,17H2,1-3H3,(H,33,34)(H,35,36);4-8,10,12-15H,9,11,16-17H2,1-3H3,(H,33,34)(H,35,36)/b24-12-;23-11-;23-12-. The van der Waals surface area contributed by atoms with Crippen LogP contribution in [0.2, 0.25) is 0 Å². The van der Waals surface area contributed by atoms with E-state index in [-0.39, 0.29) is 87.7 Å². The normalized spacial score (nSPS) is 13.2. The molecular formula is C91H90F2N6O19. The van der Waals surface area contributed by atoms with Crippen molar-refractivity contribution in [2.24, 2.45) is 0 Å². The van der Waals surface area contributed by atoms with Gasteiger partial charge in [0, 0.05) is 44.1 Å². The van der Waals surface area contributed by atoms with Gasteiger partial charge < -0.3 is 78.6 Å². The van der Waals surface area contributed by atoms with Gasteiger partial charge >= 0.3 is 17.9 Å². The zero-order valence-electron chi connectivity index (χ0n) is 66.8. The monoisotopic (exact) mass is 1610 g/mol. The molecule has 6 aromatic carbocycles. The van der Waals surface area contributed by atoms with Crippen LogP contribution in [-0.4, -0.2) is 135 Å². The molecule has 0 saturated heterocycles. The number of carbonyl (C=O) groups excluding carboxylic acids is 3. The number of aliphatic carboxylic acids is 3. The number of nitrogens with zero attached hydrogens (tertiary/aromatic N) is 3. The predicted octanol–water partition coefficient (Wildman–Crippen LogP) is 15.2. The van der Waals surface area contributed by atoms with Crippen molar-refractivity contribution in [1.82, 2.24) is 30.9 Å². The van der Waals surface area contributed by atoms with Gasteiger partial charge in [0.15, 0.2) is 34.5 Å². The second kappa shape index (κ2) is 41.3. The van der Waals surface area contributed by atoms with E-state index in [1.165, 1.54) is 66.9 Å². The first-order valence-corrected chi connectivity index (χ1v) is 37.3. The Labute approximate surface area is 680 Å². The quantitative estimate of drug-likeness (QED) is 0.0218. The maximum Gasteiger partial charge on any atom is 0.306 e. The molecule has 118 heavy (non-hydrogen) atoms. The summed E-state index contributed by atoms with van der Waals surface area (Å²) in [6.45, 7) is 6.74. The smallest absolute Gasteiger partial charge is 0.306 e. The molecule has 6 N–H and O–H groups in total. The fraction of sp³-hybridized carbons (Fsp3) is 0.242. The summed E-state index contributed by atoms with van der Waals surface area (Å²) >= 11 is 0. The lowest BCUT2D eigenvalue weighted by Crippen LogP contribution is -2.23. The molecule has 3 amide bonds. The van der Waals surface area contributed by atoms with Crippen LogP contribution in [0.4, 0.5) is 8.78 Å². The summed E-state index contributed by atoms with van der Waals surface area (Å²) in [5.74, 6) is -0.192. The Morgan fingerprint density at radius 3 is 1.03 bits per heavy atom. The first-order chi connectivity index (χ1) is 56.9. The second-order valence-corrected chi connectivity index (χ2v) is 26.9. The topological polar surface area (TPSA) is 330 Å². The van der Waals surface area contributed by atoms with Gasteiger partial charge in [0.05, 0.1) is 120 Å². The van der Waals surface area contributed by atoms with E-state index in [9.17, 15) is 37.5 Å². The molecule has 25 nitrogen and oxygen atoms in total. The third-order valence-corrected chi connectivity index (χ3v) is 19.3. The van der Waals surface area contributed by atoms with Crippen molar-refractivity contribution in [2.45, 2.75) is 78.9 Å². The van der Waals surface area contributed by atoms with Gasteiger partial charge in [-0.2, -0.15) is 0 Å². The van der Waals surface area contributed by atoms with Crippen molar-refractivity contribution in [1.29, 1.82) is 0 Å².